The van der Waals surface area contributed by atoms with Crippen molar-refractivity contribution in [3.63, 3.8) is 0 Å². The Morgan fingerprint density at radius 1 is 1.16 bits per heavy atom. The van der Waals surface area contributed by atoms with E-state index in [1.165, 1.54) is 56.7 Å². The van der Waals surface area contributed by atoms with E-state index in [1.807, 2.05) is 0 Å². The van der Waals surface area contributed by atoms with E-state index in [4.69, 9.17) is 0 Å². The van der Waals surface area contributed by atoms with E-state index in [9.17, 15) is 0 Å². The minimum Gasteiger partial charge on any atom is -0.374 e. The number of aryl methyl sites for hydroxylation is 1. The van der Waals surface area contributed by atoms with Gasteiger partial charge in [-0.3, -0.25) is 0 Å². The van der Waals surface area contributed by atoms with Gasteiger partial charge in [0, 0.05) is 45.5 Å². The van der Waals surface area contributed by atoms with Gasteiger partial charge in [-0.2, -0.15) is 0 Å². The molecule has 0 amide bonds. The van der Waals surface area contributed by atoms with Gasteiger partial charge in [0.25, 0.3) is 0 Å². The topological polar surface area (TPSA) is 18.5 Å². The zero-order valence-electron chi connectivity index (χ0n) is 12.0. The summed E-state index contributed by atoms with van der Waals surface area (Å²) in [5, 5.41) is 3.41. The molecule has 0 radical (unpaired) electrons. The van der Waals surface area contributed by atoms with Crippen LogP contribution in [0.1, 0.15) is 17.5 Å². The highest BCUT2D eigenvalue weighted by Crippen LogP contribution is 2.27. The fraction of sp³-hybridized carbons (Fsp3) is 0.625. The Labute approximate surface area is 116 Å². The summed E-state index contributed by atoms with van der Waals surface area (Å²) in [6, 6.07) is 7.05. The van der Waals surface area contributed by atoms with E-state index < -0.39 is 0 Å². The van der Waals surface area contributed by atoms with Gasteiger partial charge in [0.15, 0.2) is 0 Å². The van der Waals surface area contributed by atoms with Crippen LogP contribution in [0.4, 0.5) is 5.69 Å². The Kier molecular flexibility index (Phi) is 4.04. The van der Waals surface area contributed by atoms with Crippen LogP contribution < -0.4 is 10.2 Å². The summed E-state index contributed by atoms with van der Waals surface area (Å²) in [6.07, 6.45) is 3.73. The Balaban J connectivity index is 1.50. The molecule has 1 N–H and O–H groups in total. The lowest BCUT2D eigenvalue weighted by Gasteiger charge is -2.27. The second kappa shape index (κ2) is 5.93. The number of piperazine rings is 1. The molecule has 0 atom stereocenters. The molecule has 0 aromatic heterocycles. The van der Waals surface area contributed by atoms with E-state index >= 15 is 0 Å². The molecule has 3 heteroatoms. The van der Waals surface area contributed by atoms with Gasteiger partial charge >= 0.3 is 0 Å². The molecule has 0 saturated carbocycles. The summed E-state index contributed by atoms with van der Waals surface area (Å²) in [5.41, 5.74) is 4.50. The Bertz CT molecular complexity index is 424. The second-order valence-electron chi connectivity index (χ2n) is 5.83. The molecule has 104 valence electrons. The van der Waals surface area contributed by atoms with Gasteiger partial charge in [0.2, 0.25) is 0 Å². The summed E-state index contributed by atoms with van der Waals surface area (Å²) in [5.74, 6) is 0. The van der Waals surface area contributed by atoms with Gasteiger partial charge in [-0.15, -0.1) is 0 Å². The van der Waals surface area contributed by atoms with E-state index in [0.29, 0.717) is 0 Å². The van der Waals surface area contributed by atoms with Crippen molar-refractivity contribution in [3.8, 4) is 0 Å². The monoisotopic (exact) mass is 259 g/mol. The first-order valence-corrected chi connectivity index (χ1v) is 7.59. The Morgan fingerprint density at radius 3 is 2.84 bits per heavy atom. The predicted molar refractivity (Wildman–Crippen MR) is 81.0 cm³/mol. The lowest BCUT2D eigenvalue weighted by atomic mass is 10.0. The molecule has 1 saturated heterocycles. The van der Waals surface area contributed by atoms with E-state index in [1.54, 1.807) is 5.56 Å². The van der Waals surface area contributed by atoms with Crippen molar-refractivity contribution in [1.29, 1.82) is 0 Å². The van der Waals surface area contributed by atoms with Crippen molar-refractivity contribution in [2.45, 2.75) is 19.3 Å². The number of anilines is 1. The van der Waals surface area contributed by atoms with Crippen LogP contribution in [0.25, 0.3) is 0 Å². The highest BCUT2D eigenvalue weighted by Gasteiger charge is 2.15. The molecule has 19 heavy (non-hydrogen) atoms. The second-order valence-corrected chi connectivity index (χ2v) is 5.83. The zero-order valence-corrected chi connectivity index (χ0v) is 12.0. The number of nitrogens with zero attached hydrogens (tertiary/aromatic N) is 2. The number of likely N-dealkylation sites (N-methyl/N-ethyl adjacent to an activating group) is 1. The minimum absolute atomic E-state index is 1.16. The summed E-state index contributed by atoms with van der Waals surface area (Å²) in [7, 11) is 2.19. The van der Waals surface area contributed by atoms with Crippen molar-refractivity contribution in [2.24, 2.45) is 0 Å². The standard InChI is InChI=1S/C16H25N3/c1-18-10-6-15-13-14(4-5-16(15)18)3-2-9-19-11-7-17-8-12-19/h4-5,13,17H,2-3,6-12H2,1H3. The number of hydrogen-bond acceptors (Lipinski definition) is 3. The smallest absolute Gasteiger partial charge is 0.0397 e. The Hall–Kier alpha value is -1.06. The average Bonchev–Trinajstić information content (AvgIpc) is 2.81. The van der Waals surface area contributed by atoms with Crippen LogP contribution in [-0.2, 0) is 12.8 Å². The van der Waals surface area contributed by atoms with Gasteiger partial charge in [-0.05, 0) is 43.0 Å². The quantitative estimate of drug-likeness (QED) is 0.884. The van der Waals surface area contributed by atoms with Crippen LogP contribution in [0.3, 0.4) is 0 Å². The first kappa shape index (κ1) is 12.9. The van der Waals surface area contributed by atoms with Crippen LogP contribution >= 0.6 is 0 Å². The third-order valence-corrected chi connectivity index (χ3v) is 4.42. The molecular formula is C16H25N3. The van der Waals surface area contributed by atoms with Gasteiger partial charge in [0.1, 0.15) is 0 Å². The molecule has 2 aliphatic rings. The highest BCUT2D eigenvalue weighted by atomic mass is 15.2. The lowest BCUT2D eigenvalue weighted by molar-refractivity contribution is 0.238. The highest BCUT2D eigenvalue weighted by molar-refractivity contribution is 5.58. The lowest BCUT2D eigenvalue weighted by Crippen LogP contribution is -2.43. The number of fused-ring (bicyclic) bond motifs is 1. The molecular weight excluding hydrogens is 234 g/mol. The van der Waals surface area contributed by atoms with Gasteiger partial charge in [0.05, 0.1) is 0 Å². The molecule has 0 aliphatic carbocycles. The maximum absolute atomic E-state index is 3.41. The van der Waals surface area contributed by atoms with Crippen molar-refractivity contribution in [2.75, 3.05) is 51.2 Å². The third-order valence-electron chi connectivity index (χ3n) is 4.42. The predicted octanol–water partition coefficient (Wildman–Crippen LogP) is 1.52. The molecule has 2 heterocycles. The van der Waals surface area contributed by atoms with Crippen LogP contribution in [0.15, 0.2) is 18.2 Å². The number of hydrogen-bond donors (Lipinski definition) is 1. The fourth-order valence-corrected chi connectivity index (χ4v) is 3.22. The van der Waals surface area contributed by atoms with E-state index in [2.05, 4.69) is 40.4 Å². The molecule has 0 bridgehead atoms. The fourth-order valence-electron chi connectivity index (χ4n) is 3.22. The molecule has 3 rings (SSSR count). The zero-order chi connectivity index (χ0) is 13.1. The molecule has 0 unspecified atom stereocenters. The molecule has 2 aliphatic heterocycles. The van der Waals surface area contributed by atoms with Crippen LogP contribution in [0.2, 0.25) is 0 Å². The first-order chi connectivity index (χ1) is 9.33. The molecule has 3 nitrogen and oxygen atoms in total. The van der Waals surface area contributed by atoms with Crippen LogP contribution in [0, 0.1) is 0 Å². The largest absolute Gasteiger partial charge is 0.374 e. The third kappa shape index (κ3) is 3.10. The minimum atomic E-state index is 1.16. The summed E-state index contributed by atoms with van der Waals surface area (Å²) in [6.45, 7) is 7.18. The SMILES string of the molecule is CN1CCc2cc(CCCN3CCNCC3)ccc21. The molecule has 1 aromatic carbocycles. The van der Waals surface area contributed by atoms with Gasteiger partial charge in [-0.25, -0.2) is 0 Å². The maximum atomic E-state index is 3.41. The molecule has 1 fully saturated rings. The van der Waals surface area contributed by atoms with Crippen LogP contribution in [0.5, 0.6) is 0 Å². The maximum Gasteiger partial charge on any atom is 0.0397 e. The summed E-state index contributed by atoms with van der Waals surface area (Å²) >= 11 is 0. The summed E-state index contributed by atoms with van der Waals surface area (Å²) < 4.78 is 0. The van der Waals surface area contributed by atoms with Crippen molar-refractivity contribution >= 4 is 5.69 Å². The van der Waals surface area contributed by atoms with Crippen molar-refractivity contribution < 1.29 is 0 Å². The Morgan fingerprint density at radius 2 is 2.00 bits per heavy atom. The number of benzene rings is 1. The average molecular weight is 259 g/mol. The van der Waals surface area contributed by atoms with Gasteiger partial charge in [-0.1, -0.05) is 12.1 Å². The van der Waals surface area contributed by atoms with E-state index in [-0.39, 0.29) is 0 Å². The molecule has 0 spiro atoms. The first-order valence-electron chi connectivity index (χ1n) is 7.59. The number of nitrogens with one attached hydrogen (secondary N) is 1. The number of rotatable bonds is 4. The van der Waals surface area contributed by atoms with Crippen molar-refractivity contribution in [3.05, 3.63) is 29.3 Å². The van der Waals surface area contributed by atoms with Crippen LogP contribution in [-0.4, -0.2) is 51.2 Å². The van der Waals surface area contributed by atoms with E-state index in [0.717, 1.165) is 13.1 Å². The summed E-state index contributed by atoms with van der Waals surface area (Å²) in [4.78, 5) is 4.94. The molecule has 1 aromatic rings. The normalized spacial score (nSPS) is 19.7. The van der Waals surface area contributed by atoms with Crippen molar-refractivity contribution in [1.82, 2.24) is 10.2 Å². The van der Waals surface area contributed by atoms with Gasteiger partial charge < -0.3 is 15.1 Å².